The third kappa shape index (κ3) is 5.99. The zero-order valence-electron chi connectivity index (χ0n) is 17.8. The molecular weight excluding hydrogens is 402 g/mol. The largest absolute Gasteiger partial charge is 0.483 e. The van der Waals surface area contributed by atoms with Crippen molar-refractivity contribution >= 4 is 29.5 Å². The van der Waals surface area contributed by atoms with Crippen LogP contribution in [-0.2, 0) is 14.3 Å². The average Bonchev–Trinajstić information content (AvgIpc) is 2.74. The highest BCUT2D eigenvalue weighted by molar-refractivity contribution is 6.30. The maximum Gasteiger partial charge on any atom is 0.286 e. The molecule has 0 radical (unpaired) electrons. The van der Waals surface area contributed by atoms with E-state index < -0.39 is 0 Å². The molecule has 3 rings (SSSR count). The van der Waals surface area contributed by atoms with Crippen molar-refractivity contribution in [2.75, 3.05) is 26.2 Å². The Morgan fingerprint density at radius 3 is 2.87 bits per heavy atom. The summed E-state index contributed by atoms with van der Waals surface area (Å²) in [5.74, 6) is 0.0684. The molecule has 3 atom stereocenters. The molecule has 1 aliphatic heterocycles. The SMILES string of the molecule is CCN(CC)CCCNC(=O)C1CCC2O/C(=C/c3cccc(Cl)c3)C(=O)NC2C1. The normalized spacial score (nSPS) is 24.9. The van der Waals surface area contributed by atoms with E-state index in [1.54, 1.807) is 18.2 Å². The lowest BCUT2D eigenvalue weighted by molar-refractivity contribution is -0.134. The summed E-state index contributed by atoms with van der Waals surface area (Å²) in [6.07, 6.45) is 4.69. The van der Waals surface area contributed by atoms with Gasteiger partial charge in [-0.05, 0) is 69.1 Å². The molecule has 0 aromatic heterocycles. The monoisotopic (exact) mass is 433 g/mol. The molecule has 3 unspecified atom stereocenters. The van der Waals surface area contributed by atoms with E-state index in [1.807, 2.05) is 12.1 Å². The summed E-state index contributed by atoms with van der Waals surface area (Å²) < 4.78 is 5.99. The molecular formula is C23H32ClN3O3. The van der Waals surface area contributed by atoms with Gasteiger partial charge in [0, 0.05) is 17.5 Å². The summed E-state index contributed by atoms with van der Waals surface area (Å²) in [5, 5.41) is 6.71. The topological polar surface area (TPSA) is 70.7 Å². The Bertz CT molecular complexity index is 779. The summed E-state index contributed by atoms with van der Waals surface area (Å²) in [6.45, 7) is 8.05. The van der Waals surface area contributed by atoms with E-state index in [4.69, 9.17) is 16.3 Å². The van der Waals surface area contributed by atoms with Gasteiger partial charge in [-0.1, -0.05) is 37.6 Å². The van der Waals surface area contributed by atoms with E-state index in [9.17, 15) is 9.59 Å². The van der Waals surface area contributed by atoms with Gasteiger partial charge >= 0.3 is 0 Å². The summed E-state index contributed by atoms with van der Waals surface area (Å²) in [6, 6.07) is 7.16. The number of fused-ring (bicyclic) bond motifs is 1. The lowest BCUT2D eigenvalue weighted by Gasteiger charge is -2.39. The molecule has 30 heavy (non-hydrogen) atoms. The van der Waals surface area contributed by atoms with Crippen molar-refractivity contribution < 1.29 is 14.3 Å². The molecule has 1 saturated carbocycles. The Hall–Kier alpha value is -2.05. The Morgan fingerprint density at radius 1 is 1.33 bits per heavy atom. The second-order valence-corrected chi connectivity index (χ2v) is 8.42. The van der Waals surface area contributed by atoms with Crippen LogP contribution >= 0.6 is 11.6 Å². The number of hydrogen-bond acceptors (Lipinski definition) is 4. The van der Waals surface area contributed by atoms with Crippen molar-refractivity contribution in [1.82, 2.24) is 15.5 Å². The molecule has 6 nitrogen and oxygen atoms in total. The third-order valence-corrected chi connectivity index (χ3v) is 6.20. The van der Waals surface area contributed by atoms with Crippen LogP contribution in [0, 0.1) is 5.92 Å². The summed E-state index contributed by atoms with van der Waals surface area (Å²) >= 11 is 6.02. The number of carbonyl (C=O) groups excluding carboxylic acids is 2. The zero-order chi connectivity index (χ0) is 21.5. The van der Waals surface area contributed by atoms with E-state index in [-0.39, 0.29) is 29.9 Å². The summed E-state index contributed by atoms with van der Waals surface area (Å²) in [7, 11) is 0. The van der Waals surface area contributed by atoms with Crippen LogP contribution in [0.15, 0.2) is 30.0 Å². The first kappa shape index (κ1) is 22.6. The highest BCUT2D eigenvalue weighted by atomic mass is 35.5. The lowest BCUT2D eigenvalue weighted by atomic mass is 9.82. The second kappa shape index (κ2) is 10.8. The molecule has 0 bridgehead atoms. The fraction of sp³-hybridized carbons (Fsp3) is 0.565. The number of amides is 2. The van der Waals surface area contributed by atoms with Crippen molar-refractivity contribution in [1.29, 1.82) is 0 Å². The predicted octanol–water partition coefficient (Wildman–Crippen LogP) is 3.21. The summed E-state index contributed by atoms with van der Waals surface area (Å²) in [5.41, 5.74) is 0.823. The molecule has 2 N–H and O–H groups in total. The van der Waals surface area contributed by atoms with Crippen molar-refractivity contribution in [2.24, 2.45) is 5.92 Å². The minimum Gasteiger partial charge on any atom is -0.483 e. The van der Waals surface area contributed by atoms with Crippen LogP contribution in [0.4, 0.5) is 0 Å². The highest BCUT2D eigenvalue weighted by Crippen LogP contribution is 2.31. The van der Waals surface area contributed by atoms with E-state index in [2.05, 4.69) is 29.4 Å². The fourth-order valence-electron chi connectivity index (χ4n) is 4.18. The molecule has 1 aliphatic carbocycles. The van der Waals surface area contributed by atoms with Gasteiger partial charge in [0.25, 0.3) is 5.91 Å². The second-order valence-electron chi connectivity index (χ2n) is 7.98. The maximum atomic E-state index is 12.6. The number of benzene rings is 1. The molecule has 0 spiro atoms. The summed E-state index contributed by atoms with van der Waals surface area (Å²) in [4.78, 5) is 27.4. The maximum absolute atomic E-state index is 12.6. The van der Waals surface area contributed by atoms with Gasteiger partial charge in [0.2, 0.25) is 5.91 Å². The van der Waals surface area contributed by atoms with Crippen LogP contribution in [0.25, 0.3) is 6.08 Å². The molecule has 1 aromatic carbocycles. The van der Waals surface area contributed by atoms with Crippen molar-refractivity contribution in [3.05, 3.63) is 40.6 Å². The Kier molecular flexibility index (Phi) is 8.16. The molecule has 7 heteroatoms. The first-order valence-electron chi connectivity index (χ1n) is 10.9. The number of rotatable bonds is 8. The minimum atomic E-state index is -0.239. The average molecular weight is 434 g/mol. The van der Waals surface area contributed by atoms with Crippen molar-refractivity contribution in [3.8, 4) is 0 Å². The Morgan fingerprint density at radius 2 is 2.13 bits per heavy atom. The molecule has 1 aromatic rings. The van der Waals surface area contributed by atoms with Crippen LogP contribution in [0.3, 0.4) is 0 Å². The van der Waals surface area contributed by atoms with Gasteiger partial charge < -0.3 is 20.3 Å². The van der Waals surface area contributed by atoms with Crippen LogP contribution < -0.4 is 10.6 Å². The van der Waals surface area contributed by atoms with E-state index in [0.29, 0.717) is 23.7 Å². The molecule has 1 heterocycles. The Balaban J connectivity index is 1.49. The van der Waals surface area contributed by atoms with E-state index >= 15 is 0 Å². The Labute approximate surface area is 184 Å². The van der Waals surface area contributed by atoms with Gasteiger partial charge in [-0.25, -0.2) is 0 Å². The van der Waals surface area contributed by atoms with Crippen LogP contribution in [0.2, 0.25) is 5.02 Å². The van der Waals surface area contributed by atoms with Crippen LogP contribution in [0.1, 0.15) is 45.1 Å². The number of halogens is 1. The number of morpholine rings is 1. The third-order valence-electron chi connectivity index (χ3n) is 5.97. The first-order valence-corrected chi connectivity index (χ1v) is 11.3. The number of carbonyl (C=O) groups is 2. The van der Waals surface area contributed by atoms with Gasteiger partial charge in [-0.2, -0.15) is 0 Å². The van der Waals surface area contributed by atoms with Gasteiger partial charge in [-0.3, -0.25) is 9.59 Å². The fourth-order valence-corrected chi connectivity index (χ4v) is 4.37. The number of nitrogens with zero attached hydrogens (tertiary/aromatic N) is 1. The smallest absolute Gasteiger partial charge is 0.286 e. The van der Waals surface area contributed by atoms with Crippen LogP contribution in [0.5, 0.6) is 0 Å². The van der Waals surface area contributed by atoms with Gasteiger partial charge in [0.05, 0.1) is 6.04 Å². The van der Waals surface area contributed by atoms with Crippen LogP contribution in [-0.4, -0.2) is 55.0 Å². The standard InChI is InChI=1S/C23H32ClN3O3/c1-3-27(4-2)12-6-11-25-22(28)17-9-10-20-19(15-17)26-23(29)21(30-20)14-16-7-5-8-18(24)13-16/h5,7-8,13-14,17,19-20H,3-4,6,9-12,15H2,1-2H3,(H,25,28)(H,26,29)/b21-14+. The molecule has 1 saturated heterocycles. The van der Waals surface area contributed by atoms with Gasteiger partial charge in [0.15, 0.2) is 5.76 Å². The van der Waals surface area contributed by atoms with Gasteiger partial charge in [-0.15, -0.1) is 0 Å². The molecule has 2 amide bonds. The highest BCUT2D eigenvalue weighted by Gasteiger charge is 2.40. The molecule has 2 fully saturated rings. The number of hydrogen-bond donors (Lipinski definition) is 2. The molecule has 2 aliphatic rings. The first-order chi connectivity index (χ1) is 14.5. The lowest BCUT2D eigenvalue weighted by Crippen LogP contribution is -2.54. The zero-order valence-corrected chi connectivity index (χ0v) is 18.6. The van der Waals surface area contributed by atoms with E-state index in [1.165, 1.54) is 0 Å². The van der Waals surface area contributed by atoms with E-state index in [0.717, 1.165) is 44.5 Å². The van der Waals surface area contributed by atoms with Crippen molar-refractivity contribution in [3.63, 3.8) is 0 Å². The number of nitrogens with one attached hydrogen (secondary N) is 2. The quantitative estimate of drug-likeness (QED) is 0.488. The predicted molar refractivity (Wildman–Crippen MR) is 119 cm³/mol. The minimum absolute atomic E-state index is 0.0814. The van der Waals surface area contributed by atoms with Crippen molar-refractivity contribution in [2.45, 2.75) is 51.7 Å². The van der Waals surface area contributed by atoms with Gasteiger partial charge in [0.1, 0.15) is 6.10 Å². The number of ether oxygens (including phenoxy) is 1. The molecule has 164 valence electrons.